The van der Waals surface area contributed by atoms with E-state index in [1.165, 1.54) is 0 Å². The van der Waals surface area contributed by atoms with Gasteiger partial charge in [0.15, 0.2) is 0 Å². The Bertz CT molecular complexity index is 284. The van der Waals surface area contributed by atoms with Crippen molar-refractivity contribution in [1.29, 1.82) is 0 Å². The highest BCUT2D eigenvalue weighted by atomic mass is 32.2. The molecule has 0 heterocycles. The van der Waals surface area contributed by atoms with Crippen LogP contribution < -0.4 is 11.5 Å². The summed E-state index contributed by atoms with van der Waals surface area (Å²) in [5.41, 5.74) is 13.3. The Kier molecular flexibility index (Phi) is 3.63. The molecule has 13 heavy (non-hydrogen) atoms. The third-order valence-electron chi connectivity index (χ3n) is 1.67. The fraction of sp³-hybridized carbons (Fsp3) is 0.400. The fourth-order valence-corrected chi connectivity index (χ4v) is 1.94. The van der Waals surface area contributed by atoms with Crippen LogP contribution in [0.3, 0.4) is 0 Å². The lowest BCUT2D eigenvalue weighted by molar-refractivity contribution is 1.06. The lowest BCUT2D eigenvalue weighted by atomic mass is 10.2. The van der Waals surface area contributed by atoms with Crippen LogP contribution in [0.5, 0.6) is 0 Å². The first-order valence-electron chi connectivity index (χ1n) is 4.38. The maximum atomic E-state index is 5.87. The van der Waals surface area contributed by atoms with E-state index < -0.39 is 0 Å². The van der Waals surface area contributed by atoms with E-state index >= 15 is 0 Å². The number of rotatable bonds is 3. The highest BCUT2D eigenvalue weighted by Crippen LogP contribution is 2.28. The number of hydrogen-bond donors (Lipinski definition) is 2. The molecule has 2 nitrogen and oxygen atoms in total. The average Bonchev–Trinajstić information content (AvgIpc) is 2.08. The quantitative estimate of drug-likeness (QED) is 0.576. The van der Waals surface area contributed by atoms with Gasteiger partial charge in [0.2, 0.25) is 0 Å². The Labute approximate surface area is 83.7 Å². The van der Waals surface area contributed by atoms with Crippen LogP contribution in [0, 0.1) is 0 Å². The molecule has 1 aromatic rings. The van der Waals surface area contributed by atoms with Gasteiger partial charge < -0.3 is 11.5 Å². The van der Waals surface area contributed by atoms with Crippen molar-refractivity contribution in [2.75, 3.05) is 5.73 Å². The molecule has 0 spiro atoms. The molecule has 0 amide bonds. The molecule has 0 aliphatic heterocycles. The fourth-order valence-electron chi connectivity index (χ4n) is 1.09. The Morgan fingerprint density at radius 3 is 2.54 bits per heavy atom. The lowest BCUT2D eigenvalue weighted by Gasteiger charge is -2.08. The molecular weight excluding hydrogens is 180 g/mol. The van der Waals surface area contributed by atoms with Gasteiger partial charge in [-0.3, -0.25) is 0 Å². The van der Waals surface area contributed by atoms with Crippen molar-refractivity contribution in [3.05, 3.63) is 23.8 Å². The molecule has 0 saturated carbocycles. The minimum Gasteiger partial charge on any atom is -0.398 e. The molecule has 0 aliphatic carbocycles. The first kappa shape index (κ1) is 10.4. The van der Waals surface area contributed by atoms with Gasteiger partial charge in [0.25, 0.3) is 0 Å². The van der Waals surface area contributed by atoms with E-state index in [0.717, 1.165) is 16.1 Å². The van der Waals surface area contributed by atoms with Gasteiger partial charge in [-0.2, -0.15) is 0 Å². The second-order valence-electron chi connectivity index (χ2n) is 3.24. The molecule has 0 radical (unpaired) electrons. The molecule has 0 unspecified atom stereocenters. The monoisotopic (exact) mass is 196 g/mol. The van der Waals surface area contributed by atoms with E-state index in [1.54, 1.807) is 11.8 Å². The molecule has 1 rings (SSSR count). The van der Waals surface area contributed by atoms with Crippen LogP contribution in [0.2, 0.25) is 0 Å². The van der Waals surface area contributed by atoms with Crippen LogP contribution in [-0.2, 0) is 6.54 Å². The molecule has 72 valence electrons. The van der Waals surface area contributed by atoms with E-state index in [0.29, 0.717) is 11.8 Å². The minimum atomic E-state index is 0.552. The number of nitrogen functional groups attached to an aromatic ring is 1. The number of thioether (sulfide) groups is 1. The summed E-state index contributed by atoms with van der Waals surface area (Å²) in [7, 11) is 0. The van der Waals surface area contributed by atoms with E-state index in [-0.39, 0.29) is 0 Å². The molecular formula is C10H16N2S. The van der Waals surface area contributed by atoms with Gasteiger partial charge in [0, 0.05) is 22.4 Å². The molecule has 0 aliphatic rings. The largest absolute Gasteiger partial charge is 0.398 e. The van der Waals surface area contributed by atoms with Crippen molar-refractivity contribution < 1.29 is 0 Å². The highest BCUT2D eigenvalue weighted by Gasteiger charge is 2.02. The van der Waals surface area contributed by atoms with Gasteiger partial charge in [-0.1, -0.05) is 19.9 Å². The van der Waals surface area contributed by atoms with E-state index in [4.69, 9.17) is 11.5 Å². The number of benzene rings is 1. The van der Waals surface area contributed by atoms with Crippen LogP contribution in [0.4, 0.5) is 5.69 Å². The second kappa shape index (κ2) is 4.53. The SMILES string of the molecule is CC(C)Sc1ccc(CN)cc1N. The standard InChI is InChI=1S/C10H16N2S/c1-7(2)13-10-4-3-8(6-11)5-9(10)12/h3-5,7H,6,11-12H2,1-2H3. The number of hydrogen-bond acceptors (Lipinski definition) is 3. The molecule has 0 bridgehead atoms. The number of nitrogens with two attached hydrogens (primary N) is 2. The zero-order valence-electron chi connectivity index (χ0n) is 8.08. The zero-order chi connectivity index (χ0) is 9.84. The Hall–Kier alpha value is -0.670. The predicted molar refractivity (Wildman–Crippen MR) is 59.7 cm³/mol. The van der Waals surface area contributed by atoms with Gasteiger partial charge in [-0.15, -0.1) is 11.8 Å². The second-order valence-corrected chi connectivity index (χ2v) is 4.86. The molecule has 0 aromatic heterocycles. The maximum absolute atomic E-state index is 5.87. The van der Waals surface area contributed by atoms with Crippen molar-refractivity contribution in [3.63, 3.8) is 0 Å². The van der Waals surface area contributed by atoms with E-state index in [1.807, 2.05) is 18.2 Å². The Morgan fingerprint density at radius 1 is 1.38 bits per heavy atom. The normalized spacial score (nSPS) is 10.8. The Balaban J connectivity index is 2.85. The zero-order valence-corrected chi connectivity index (χ0v) is 8.90. The van der Waals surface area contributed by atoms with Gasteiger partial charge in [-0.25, -0.2) is 0 Å². The van der Waals surface area contributed by atoms with Crippen LogP contribution in [0.1, 0.15) is 19.4 Å². The third kappa shape index (κ3) is 2.94. The van der Waals surface area contributed by atoms with Crippen LogP contribution >= 0.6 is 11.8 Å². The summed E-state index contributed by atoms with van der Waals surface area (Å²) in [4.78, 5) is 1.15. The molecule has 4 N–H and O–H groups in total. The summed E-state index contributed by atoms with van der Waals surface area (Å²) in [6.07, 6.45) is 0. The summed E-state index contributed by atoms with van der Waals surface area (Å²) in [5, 5.41) is 0.561. The summed E-state index contributed by atoms with van der Waals surface area (Å²) in [5.74, 6) is 0. The topological polar surface area (TPSA) is 52.0 Å². The van der Waals surface area contributed by atoms with E-state index in [2.05, 4.69) is 13.8 Å². The minimum absolute atomic E-state index is 0.552. The molecule has 0 atom stereocenters. The van der Waals surface area contributed by atoms with Crippen LogP contribution in [-0.4, -0.2) is 5.25 Å². The van der Waals surface area contributed by atoms with Gasteiger partial charge in [0.05, 0.1) is 0 Å². The van der Waals surface area contributed by atoms with Crippen molar-refractivity contribution in [2.45, 2.75) is 30.5 Å². The third-order valence-corrected chi connectivity index (χ3v) is 2.77. The maximum Gasteiger partial charge on any atom is 0.0455 e. The smallest absolute Gasteiger partial charge is 0.0455 e. The van der Waals surface area contributed by atoms with Crippen molar-refractivity contribution in [2.24, 2.45) is 5.73 Å². The molecule has 1 aromatic carbocycles. The van der Waals surface area contributed by atoms with Crippen LogP contribution in [0.15, 0.2) is 23.1 Å². The first-order valence-corrected chi connectivity index (χ1v) is 5.26. The van der Waals surface area contributed by atoms with Crippen molar-refractivity contribution in [3.8, 4) is 0 Å². The summed E-state index contributed by atoms with van der Waals surface area (Å²) in [6, 6.07) is 6.02. The summed E-state index contributed by atoms with van der Waals surface area (Å²) >= 11 is 1.78. The van der Waals surface area contributed by atoms with Crippen molar-refractivity contribution in [1.82, 2.24) is 0 Å². The lowest BCUT2D eigenvalue weighted by Crippen LogP contribution is -1.99. The van der Waals surface area contributed by atoms with Gasteiger partial charge >= 0.3 is 0 Å². The first-order chi connectivity index (χ1) is 6.13. The highest BCUT2D eigenvalue weighted by molar-refractivity contribution is 8.00. The van der Waals surface area contributed by atoms with Gasteiger partial charge in [0.1, 0.15) is 0 Å². The Morgan fingerprint density at radius 2 is 2.08 bits per heavy atom. The number of anilines is 1. The summed E-state index contributed by atoms with van der Waals surface area (Å²) in [6.45, 7) is 4.86. The average molecular weight is 196 g/mol. The predicted octanol–water partition coefficient (Wildman–Crippen LogP) is 2.23. The molecule has 3 heteroatoms. The molecule has 0 fully saturated rings. The van der Waals surface area contributed by atoms with Crippen molar-refractivity contribution >= 4 is 17.4 Å². The van der Waals surface area contributed by atoms with Crippen LogP contribution in [0.25, 0.3) is 0 Å². The molecule has 0 saturated heterocycles. The van der Waals surface area contributed by atoms with E-state index in [9.17, 15) is 0 Å². The summed E-state index contributed by atoms with van der Waals surface area (Å²) < 4.78 is 0. The van der Waals surface area contributed by atoms with Gasteiger partial charge in [-0.05, 0) is 17.7 Å².